The first-order chi connectivity index (χ1) is 13.5. The molecule has 0 radical (unpaired) electrons. The van der Waals surface area contributed by atoms with Crippen molar-refractivity contribution in [3.8, 4) is 0 Å². The number of likely N-dealkylation sites (tertiary alicyclic amines) is 1. The van der Waals surface area contributed by atoms with Crippen LogP contribution in [0, 0.1) is 5.92 Å². The summed E-state index contributed by atoms with van der Waals surface area (Å²) in [6.45, 7) is 2.84. The number of benzene rings is 1. The minimum Gasteiger partial charge on any atom is -0.355 e. The summed E-state index contributed by atoms with van der Waals surface area (Å²) < 4.78 is 5.26. The number of hydrogen-bond acceptors (Lipinski definition) is 6. The number of nitrogens with zero attached hydrogens (tertiary/aromatic N) is 3. The fourth-order valence-electron chi connectivity index (χ4n) is 3.37. The lowest BCUT2D eigenvalue weighted by molar-refractivity contribution is -0.131. The fourth-order valence-corrected chi connectivity index (χ4v) is 3.37. The third kappa shape index (κ3) is 5.63. The number of rotatable bonds is 6. The van der Waals surface area contributed by atoms with E-state index >= 15 is 0 Å². The Kier molecular flexibility index (Phi) is 6.76. The Hall–Kier alpha value is -2.74. The zero-order valence-electron chi connectivity index (χ0n) is 16.1. The van der Waals surface area contributed by atoms with Gasteiger partial charge in [0.15, 0.2) is 5.82 Å². The van der Waals surface area contributed by atoms with Crippen molar-refractivity contribution in [2.24, 2.45) is 11.7 Å². The first-order valence-electron chi connectivity index (χ1n) is 9.65. The maximum atomic E-state index is 12.5. The third-order valence-electron chi connectivity index (χ3n) is 4.95. The van der Waals surface area contributed by atoms with Crippen molar-refractivity contribution in [3.63, 3.8) is 0 Å². The molecule has 28 heavy (non-hydrogen) atoms. The second-order valence-electron chi connectivity index (χ2n) is 7.27. The highest BCUT2D eigenvalue weighted by Crippen LogP contribution is 2.16. The van der Waals surface area contributed by atoms with Crippen LogP contribution in [0.3, 0.4) is 0 Å². The van der Waals surface area contributed by atoms with E-state index < -0.39 is 0 Å². The molecule has 8 nitrogen and oxygen atoms in total. The van der Waals surface area contributed by atoms with Gasteiger partial charge in [-0.05, 0) is 18.4 Å². The molecule has 0 saturated carbocycles. The SMILES string of the molecule is CC(=O)N1C[C@@H](N)CC[C@@H](C(=O)NCCc2nc(Cc3ccccc3)no2)C1. The van der Waals surface area contributed by atoms with Crippen LogP contribution in [0.25, 0.3) is 0 Å². The zero-order chi connectivity index (χ0) is 19.9. The molecule has 150 valence electrons. The summed E-state index contributed by atoms with van der Waals surface area (Å²) in [5, 5.41) is 6.91. The van der Waals surface area contributed by atoms with Crippen molar-refractivity contribution in [2.75, 3.05) is 19.6 Å². The van der Waals surface area contributed by atoms with E-state index in [2.05, 4.69) is 15.5 Å². The lowest BCUT2D eigenvalue weighted by Crippen LogP contribution is -2.42. The summed E-state index contributed by atoms with van der Waals surface area (Å²) >= 11 is 0. The van der Waals surface area contributed by atoms with Gasteiger partial charge in [0.05, 0.1) is 5.92 Å². The quantitative estimate of drug-likeness (QED) is 0.764. The Morgan fingerprint density at radius 2 is 2.04 bits per heavy atom. The van der Waals surface area contributed by atoms with Crippen LogP contribution < -0.4 is 11.1 Å². The minimum absolute atomic E-state index is 0.0491. The largest absolute Gasteiger partial charge is 0.355 e. The molecule has 2 atom stereocenters. The molecule has 1 aromatic heterocycles. The molecule has 3 N–H and O–H groups in total. The number of aromatic nitrogens is 2. The maximum absolute atomic E-state index is 12.5. The highest BCUT2D eigenvalue weighted by atomic mass is 16.5. The summed E-state index contributed by atoms with van der Waals surface area (Å²) in [7, 11) is 0. The molecule has 0 spiro atoms. The molecule has 3 rings (SSSR count). The van der Waals surface area contributed by atoms with Crippen molar-refractivity contribution >= 4 is 11.8 Å². The van der Waals surface area contributed by atoms with Gasteiger partial charge in [0, 0.05) is 45.4 Å². The van der Waals surface area contributed by atoms with Gasteiger partial charge < -0.3 is 20.5 Å². The van der Waals surface area contributed by atoms with Crippen molar-refractivity contribution in [1.29, 1.82) is 0 Å². The summed E-state index contributed by atoms with van der Waals surface area (Å²) in [4.78, 5) is 30.3. The van der Waals surface area contributed by atoms with E-state index in [1.54, 1.807) is 4.90 Å². The van der Waals surface area contributed by atoms with Gasteiger partial charge >= 0.3 is 0 Å². The molecule has 1 saturated heterocycles. The number of nitrogens with one attached hydrogen (secondary N) is 1. The molecule has 2 aromatic rings. The van der Waals surface area contributed by atoms with Gasteiger partial charge in [-0.1, -0.05) is 35.5 Å². The van der Waals surface area contributed by atoms with E-state index in [1.807, 2.05) is 30.3 Å². The van der Waals surface area contributed by atoms with Crippen LogP contribution in [0.15, 0.2) is 34.9 Å². The standard InChI is InChI=1S/C20H27N5O3/c1-14(26)25-12-16(7-8-17(21)13-25)20(27)22-10-9-19-23-18(24-28-19)11-15-5-3-2-4-6-15/h2-6,16-17H,7-13,21H2,1H3,(H,22,27)/t16-,17+/m1/s1. The van der Waals surface area contributed by atoms with Crippen molar-refractivity contribution < 1.29 is 14.1 Å². The first kappa shape index (κ1) is 20.0. The zero-order valence-corrected chi connectivity index (χ0v) is 16.1. The molecular formula is C20H27N5O3. The van der Waals surface area contributed by atoms with Crippen LogP contribution >= 0.6 is 0 Å². The monoisotopic (exact) mass is 385 g/mol. The molecular weight excluding hydrogens is 358 g/mol. The molecule has 1 aromatic carbocycles. The second-order valence-corrected chi connectivity index (χ2v) is 7.27. The molecule has 0 bridgehead atoms. The highest BCUT2D eigenvalue weighted by molar-refractivity contribution is 5.80. The normalized spacial score (nSPS) is 19.9. The summed E-state index contributed by atoms with van der Waals surface area (Å²) in [6.07, 6.45) is 2.49. The van der Waals surface area contributed by atoms with Crippen LogP contribution in [0.2, 0.25) is 0 Å². The highest BCUT2D eigenvalue weighted by Gasteiger charge is 2.28. The van der Waals surface area contributed by atoms with Gasteiger partial charge in [0.1, 0.15) is 0 Å². The van der Waals surface area contributed by atoms with Crippen LogP contribution in [-0.2, 0) is 22.4 Å². The van der Waals surface area contributed by atoms with E-state index in [4.69, 9.17) is 10.3 Å². The van der Waals surface area contributed by atoms with Gasteiger partial charge in [0.2, 0.25) is 17.7 Å². The molecule has 0 unspecified atom stereocenters. The molecule has 0 aliphatic carbocycles. The summed E-state index contributed by atoms with van der Waals surface area (Å²) in [6, 6.07) is 9.85. The second kappa shape index (κ2) is 9.45. The van der Waals surface area contributed by atoms with E-state index in [-0.39, 0.29) is 23.8 Å². The van der Waals surface area contributed by atoms with Gasteiger partial charge in [0.25, 0.3) is 0 Å². The van der Waals surface area contributed by atoms with Crippen LogP contribution in [0.4, 0.5) is 0 Å². The molecule has 8 heteroatoms. The minimum atomic E-state index is -0.242. The predicted molar refractivity (Wildman–Crippen MR) is 103 cm³/mol. The Balaban J connectivity index is 1.46. The Morgan fingerprint density at radius 3 is 2.79 bits per heavy atom. The summed E-state index contributed by atoms with van der Waals surface area (Å²) in [5.41, 5.74) is 7.12. The van der Waals surface area contributed by atoms with Crippen LogP contribution in [0.5, 0.6) is 0 Å². The first-order valence-corrected chi connectivity index (χ1v) is 9.65. The number of carbonyl (C=O) groups excluding carboxylic acids is 2. The molecule has 2 amide bonds. The summed E-state index contributed by atoms with van der Waals surface area (Å²) in [5.74, 6) is 0.770. The average molecular weight is 385 g/mol. The molecule has 1 fully saturated rings. The average Bonchev–Trinajstić information content (AvgIpc) is 3.01. The number of nitrogens with two attached hydrogens (primary N) is 1. The van der Waals surface area contributed by atoms with Crippen LogP contribution in [-0.4, -0.2) is 52.5 Å². The van der Waals surface area contributed by atoms with Gasteiger partial charge in [-0.3, -0.25) is 9.59 Å². The van der Waals surface area contributed by atoms with Crippen LogP contribution in [0.1, 0.15) is 37.0 Å². The third-order valence-corrected chi connectivity index (χ3v) is 4.95. The number of amides is 2. The van der Waals surface area contributed by atoms with Crippen molar-refractivity contribution in [3.05, 3.63) is 47.6 Å². The van der Waals surface area contributed by atoms with E-state index in [0.29, 0.717) is 50.6 Å². The lowest BCUT2D eigenvalue weighted by Gasteiger charge is -2.23. The topological polar surface area (TPSA) is 114 Å². The Labute approximate surface area is 164 Å². The Bertz CT molecular complexity index is 792. The number of hydrogen-bond donors (Lipinski definition) is 2. The van der Waals surface area contributed by atoms with E-state index in [0.717, 1.165) is 12.0 Å². The smallest absolute Gasteiger partial charge is 0.228 e. The van der Waals surface area contributed by atoms with E-state index in [1.165, 1.54) is 6.92 Å². The predicted octanol–water partition coefficient (Wildman–Crippen LogP) is 0.905. The van der Waals surface area contributed by atoms with Gasteiger partial charge in [-0.15, -0.1) is 0 Å². The van der Waals surface area contributed by atoms with E-state index in [9.17, 15) is 9.59 Å². The van der Waals surface area contributed by atoms with Gasteiger partial charge in [-0.25, -0.2) is 0 Å². The molecule has 2 heterocycles. The molecule has 1 aliphatic rings. The molecule has 1 aliphatic heterocycles. The fraction of sp³-hybridized carbons (Fsp3) is 0.500. The van der Waals surface area contributed by atoms with Crippen molar-refractivity contribution in [1.82, 2.24) is 20.4 Å². The maximum Gasteiger partial charge on any atom is 0.228 e. The van der Waals surface area contributed by atoms with Gasteiger partial charge in [-0.2, -0.15) is 4.98 Å². The Morgan fingerprint density at radius 1 is 1.25 bits per heavy atom. The van der Waals surface area contributed by atoms with Crippen molar-refractivity contribution in [2.45, 2.75) is 38.6 Å². The number of carbonyl (C=O) groups is 2. The lowest BCUT2D eigenvalue weighted by atomic mass is 10.0.